The van der Waals surface area contributed by atoms with E-state index in [1.54, 1.807) is 13.8 Å². The quantitative estimate of drug-likeness (QED) is 0.686. The minimum absolute atomic E-state index is 0.427. The summed E-state index contributed by atoms with van der Waals surface area (Å²) in [6.45, 7) is 6.02. The van der Waals surface area contributed by atoms with E-state index < -0.39 is 14.6 Å². The molecule has 1 fully saturated rings. The molecule has 0 aromatic carbocycles. The normalized spacial score (nSPS) is 24.1. The first kappa shape index (κ1) is 11.9. The van der Waals surface area contributed by atoms with Gasteiger partial charge >= 0.3 is 0 Å². The molecule has 0 aliphatic carbocycles. The van der Waals surface area contributed by atoms with Crippen LogP contribution in [0, 0.1) is 0 Å². The largest absolute Gasteiger partial charge is 0.315 e. The smallest absolute Gasteiger partial charge is 0.153 e. The van der Waals surface area contributed by atoms with E-state index in [0.717, 1.165) is 19.5 Å². The van der Waals surface area contributed by atoms with Gasteiger partial charge in [0.05, 0.1) is 4.75 Å². The summed E-state index contributed by atoms with van der Waals surface area (Å²) < 4.78 is 22.1. The average molecular weight is 220 g/mol. The Hall–Kier alpha value is -0.130. The molecule has 0 spiro atoms. The molecular formula is C9H20N2O2S. The second-order valence-corrected chi connectivity index (χ2v) is 7.25. The van der Waals surface area contributed by atoms with Crippen molar-refractivity contribution in [3.8, 4) is 0 Å². The summed E-state index contributed by atoms with van der Waals surface area (Å²) in [5.74, 6) is 0. The van der Waals surface area contributed by atoms with Crippen molar-refractivity contribution < 1.29 is 8.42 Å². The Morgan fingerprint density at radius 1 is 1.50 bits per heavy atom. The van der Waals surface area contributed by atoms with Gasteiger partial charge in [0, 0.05) is 25.4 Å². The number of nitrogens with one attached hydrogen (secondary N) is 2. The van der Waals surface area contributed by atoms with Gasteiger partial charge < -0.3 is 10.6 Å². The van der Waals surface area contributed by atoms with Crippen LogP contribution in [0.2, 0.25) is 0 Å². The molecule has 0 aromatic heterocycles. The fraction of sp³-hybridized carbons (Fsp3) is 1.00. The van der Waals surface area contributed by atoms with Crippen molar-refractivity contribution in [3.63, 3.8) is 0 Å². The van der Waals surface area contributed by atoms with Crippen LogP contribution in [-0.4, -0.2) is 45.1 Å². The predicted molar refractivity (Wildman–Crippen MR) is 58.2 cm³/mol. The van der Waals surface area contributed by atoms with Gasteiger partial charge in [-0.05, 0) is 26.8 Å². The Morgan fingerprint density at radius 3 is 2.57 bits per heavy atom. The number of rotatable bonds is 4. The molecule has 0 saturated carbocycles. The van der Waals surface area contributed by atoms with Crippen LogP contribution in [-0.2, 0) is 9.84 Å². The summed E-state index contributed by atoms with van der Waals surface area (Å²) in [5.41, 5.74) is 0. The third kappa shape index (κ3) is 2.93. The van der Waals surface area contributed by atoms with Crippen LogP contribution < -0.4 is 10.6 Å². The highest BCUT2D eigenvalue weighted by Crippen LogP contribution is 2.14. The molecule has 1 heterocycles. The van der Waals surface area contributed by atoms with Crippen molar-refractivity contribution in [2.45, 2.75) is 31.1 Å². The third-order valence-electron chi connectivity index (χ3n) is 2.88. The van der Waals surface area contributed by atoms with Crippen LogP contribution in [0.4, 0.5) is 0 Å². The fourth-order valence-corrected chi connectivity index (χ4v) is 1.70. The van der Waals surface area contributed by atoms with Gasteiger partial charge in [0.1, 0.15) is 0 Å². The van der Waals surface area contributed by atoms with E-state index in [1.807, 2.05) is 0 Å². The third-order valence-corrected chi connectivity index (χ3v) is 5.03. The molecule has 1 aliphatic rings. The molecular weight excluding hydrogens is 200 g/mol. The number of hydrogen-bond acceptors (Lipinski definition) is 4. The molecule has 1 aliphatic heterocycles. The van der Waals surface area contributed by atoms with Crippen LogP contribution >= 0.6 is 0 Å². The maximum Gasteiger partial charge on any atom is 0.153 e. The van der Waals surface area contributed by atoms with Gasteiger partial charge in [0.2, 0.25) is 0 Å². The Morgan fingerprint density at radius 2 is 2.14 bits per heavy atom. The lowest BCUT2D eigenvalue weighted by atomic mass is 10.2. The summed E-state index contributed by atoms with van der Waals surface area (Å²) >= 11 is 0. The molecule has 1 atom stereocenters. The average Bonchev–Trinajstić information content (AvgIpc) is 2.50. The summed E-state index contributed by atoms with van der Waals surface area (Å²) in [7, 11) is -2.98. The van der Waals surface area contributed by atoms with Gasteiger partial charge in [0.15, 0.2) is 9.84 Å². The zero-order chi connectivity index (χ0) is 10.8. The molecule has 84 valence electrons. The zero-order valence-electron chi connectivity index (χ0n) is 9.13. The topological polar surface area (TPSA) is 58.2 Å². The van der Waals surface area contributed by atoms with Gasteiger partial charge in [-0.25, -0.2) is 8.42 Å². The fourth-order valence-electron chi connectivity index (χ4n) is 1.35. The van der Waals surface area contributed by atoms with Crippen molar-refractivity contribution in [2.75, 3.05) is 25.9 Å². The van der Waals surface area contributed by atoms with Gasteiger partial charge in [0.25, 0.3) is 0 Å². The monoisotopic (exact) mass is 220 g/mol. The minimum atomic E-state index is -2.98. The molecule has 0 radical (unpaired) electrons. The molecule has 4 nitrogen and oxygen atoms in total. The second kappa shape index (κ2) is 4.16. The maximum atomic E-state index is 11.4. The first-order valence-corrected chi connectivity index (χ1v) is 6.86. The van der Waals surface area contributed by atoms with E-state index in [-0.39, 0.29) is 0 Å². The van der Waals surface area contributed by atoms with Gasteiger partial charge in [-0.2, -0.15) is 0 Å². The standard InChI is InChI=1S/C9H20N2O2S/c1-9(2,14(3,12)13)7-11-8-4-5-10-6-8/h8,10-11H,4-7H2,1-3H3. The van der Waals surface area contributed by atoms with Crippen molar-refractivity contribution in [1.82, 2.24) is 10.6 Å². The highest BCUT2D eigenvalue weighted by atomic mass is 32.2. The first-order valence-electron chi connectivity index (χ1n) is 4.97. The summed E-state index contributed by atoms with van der Waals surface area (Å²) in [5, 5.41) is 6.52. The SMILES string of the molecule is CC(C)(CNC1CCNC1)S(C)(=O)=O. The molecule has 1 saturated heterocycles. The van der Waals surface area contributed by atoms with Crippen molar-refractivity contribution in [3.05, 3.63) is 0 Å². The Balaban J connectivity index is 2.43. The lowest BCUT2D eigenvalue weighted by molar-refractivity contribution is 0.479. The van der Waals surface area contributed by atoms with E-state index in [9.17, 15) is 8.42 Å². The van der Waals surface area contributed by atoms with Gasteiger partial charge in [-0.15, -0.1) is 0 Å². The lowest BCUT2D eigenvalue weighted by Gasteiger charge is -2.24. The summed E-state index contributed by atoms with van der Waals surface area (Å²) in [6, 6.07) is 0.427. The maximum absolute atomic E-state index is 11.4. The molecule has 0 amide bonds. The van der Waals surface area contributed by atoms with E-state index in [1.165, 1.54) is 6.26 Å². The summed E-state index contributed by atoms with van der Waals surface area (Å²) in [6.07, 6.45) is 2.38. The Kier molecular flexibility index (Phi) is 3.55. The Labute approximate surface area is 86.4 Å². The van der Waals surface area contributed by atoms with Crippen LogP contribution in [0.25, 0.3) is 0 Å². The van der Waals surface area contributed by atoms with Crippen molar-refractivity contribution in [1.29, 1.82) is 0 Å². The van der Waals surface area contributed by atoms with E-state index >= 15 is 0 Å². The van der Waals surface area contributed by atoms with Crippen LogP contribution in [0.15, 0.2) is 0 Å². The molecule has 1 unspecified atom stereocenters. The lowest BCUT2D eigenvalue weighted by Crippen LogP contribution is -2.45. The number of hydrogen-bond donors (Lipinski definition) is 2. The molecule has 1 rings (SSSR count). The minimum Gasteiger partial charge on any atom is -0.315 e. The van der Waals surface area contributed by atoms with E-state index in [2.05, 4.69) is 10.6 Å². The predicted octanol–water partition coefficient (Wildman–Crippen LogP) is -0.239. The highest BCUT2D eigenvalue weighted by Gasteiger charge is 2.30. The molecule has 0 aromatic rings. The van der Waals surface area contributed by atoms with Crippen LogP contribution in [0.5, 0.6) is 0 Å². The van der Waals surface area contributed by atoms with Crippen molar-refractivity contribution in [2.24, 2.45) is 0 Å². The molecule has 0 bridgehead atoms. The van der Waals surface area contributed by atoms with Gasteiger partial charge in [-0.3, -0.25) is 0 Å². The zero-order valence-corrected chi connectivity index (χ0v) is 9.95. The Bertz CT molecular complexity index is 279. The molecule has 14 heavy (non-hydrogen) atoms. The number of sulfone groups is 1. The van der Waals surface area contributed by atoms with Crippen LogP contribution in [0.3, 0.4) is 0 Å². The van der Waals surface area contributed by atoms with Crippen LogP contribution in [0.1, 0.15) is 20.3 Å². The summed E-state index contributed by atoms with van der Waals surface area (Å²) in [4.78, 5) is 0. The van der Waals surface area contributed by atoms with Crippen molar-refractivity contribution >= 4 is 9.84 Å². The van der Waals surface area contributed by atoms with E-state index in [4.69, 9.17) is 0 Å². The molecule has 5 heteroatoms. The van der Waals surface area contributed by atoms with Gasteiger partial charge in [-0.1, -0.05) is 0 Å². The highest BCUT2D eigenvalue weighted by molar-refractivity contribution is 7.92. The first-order chi connectivity index (χ1) is 6.33. The second-order valence-electron chi connectivity index (χ2n) is 4.60. The molecule has 2 N–H and O–H groups in total. The van der Waals surface area contributed by atoms with E-state index in [0.29, 0.717) is 12.6 Å².